The Bertz CT molecular complexity index is 1200. The third-order valence-corrected chi connectivity index (χ3v) is 6.67. The molecule has 0 amide bonds. The molecule has 3 heterocycles. The number of aliphatic carboxylic acids is 1. The highest BCUT2D eigenvalue weighted by Gasteiger charge is 2.44. The molecular weight excluding hydrogens is 399 g/mol. The maximum absolute atomic E-state index is 14.9. The van der Waals surface area contributed by atoms with Gasteiger partial charge in [-0.05, 0) is 37.2 Å². The molecule has 2 fully saturated rings. The molecule has 2 bridgehead atoms. The first-order valence-electron chi connectivity index (χ1n) is 10.4. The van der Waals surface area contributed by atoms with E-state index in [1.54, 1.807) is 12.4 Å². The first-order chi connectivity index (χ1) is 15.0. The summed E-state index contributed by atoms with van der Waals surface area (Å²) in [6, 6.07) is 2.74. The van der Waals surface area contributed by atoms with Gasteiger partial charge in [-0.3, -0.25) is 4.79 Å². The molecule has 3 aromatic rings. The summed E-state index contributed by atoms with van der Waals surface area (Å²) in [6.07, 6.45) is 9.27. The molecule has 2 unspecified atom stereocenters. The number of carboxylic acids is 1. The van der Waals surface area contributed by atoms with Gasteiger partial charge in [0.25, 0.3) is 0 Å². The number of aromatic nitrogens is 4. The van der Waals surface area contributed by atoms with Gasteiger partial charge in [0.1, 0.15) is 18.0 Å². The second kappa shape index (κ2) is 7.61. The number of halogens is 1. The normalized spacial score (nSPS) is 25.2. The first-order valence-corrected chi connectivity index (χ1v) is 10.4. The summed E-state index contributed by atoms with van der Waals surface area (Å²) in [7, 11) is 0. The lowest BCUT2D eigenvalue weighted by molar-refractivity contribution is -0.146. The number of rotatable bonds is 4. The zero-order chi connectivity index (χ0) is 21.5. The summed E-state index contributed by atoms with van der Waals surface area (Å²) >= 11 is 0. The molecule has 5 rings (SSSR count). The third kappa shape index (κ3) is 3.38. The van der Waals surface area contributed by atoms with Crippen LogP contribution in [0.15, 0.2) is 24.8 Å². The number of H-pyrrole nitrogens is 1. The van der Waals surface area contributed by atoms with Crippen LogP contribution in [0.2, 0.25) is 0 Å². The lowest BCUT2D eigenvalue weighted by atomic mass is 9.64. The summed E-state index contributed by atoms with van der Waals surface area (Å²) in [5, 5.41) is 23.2. The molecule has 31 heavy (non-hydrogen) atoms. The molecule has 0 saturated heterocycles. The Morgan fingerprint density at radius 3 is 3.03 bits per heavy atom. The van der Waals surface area contributed by atoms with Crippen molar-refractivity contribution in [3.8, 4) is 17.3 Å². The average Bonchev–Trinajstić information content (AvgIpc) is 3.18. The largest absolute Gasteiger partial charge is 0.481 e. The quantitative estimate of drug-likeness (QED) is 0.587. The topological polar surface area (TPSA) is 128 Å². The highest BCUT2D eigenvalue weighted by molar-refractivity contribution is 5.93. The molecular formula is C22H21FN6O2. The second-order valence-corrected chi connectivity index (χ2v) is 8.46. The van der Waals surface area contributed by atoms with E-state index in [1.807, 2.05) is 6.07 Å². The monoisotopic (exact) mass is 420 g/mol. The number of aromatic amines is 1. The fourth-order valence-corrected chi connectivity index (χ4v) is 5.34. The summed E-state index contributed by atoms with van der Waals surface area (Å²) in [5.74, 6) is -1.61. The van der Waals surface area contributed by atoms with Crippen molar-refractivity contribution in [1.29, 1.82) is 5.26 Å². The van der Waals surface area contributed by atoms with Crippen molar-refractivity contribution in [3.05, 3.63) is 36.2 Å². The standard InChI is InChI=1S/C22H21FN6O2/c23-16-6-13(7-24)19(14-9-26-20-15(14)8-25-10-27-20)29-21(16)28-17-5-11-2-1-3-12(4-11)18(17)22(30)31/h6,8-12,17-18H,1-5H2,(H,28,29)(H,30,31)(H,25,26,27)/t11?,12?,17-,18-/m0/s1. The van der Waals surface area contributed by atoms with E-state index in [9.17, 15) is 19.6 Å². The number of nitrogens with zero attached hydrogens (tertiary/aromatic N) is 4. The number of nitriles is 1. The Hall–Kier alpha value is -3.54. The minimum atomic E-state index is -0.856. The van der Waals surface area contributed by atoms with E-state index in [-0.39, 0.29) is 17.3 Å². The molecule has 0 radical (unpaired) electrons. The van der Waals surface area contributed by atoms with Gasteiger partial charge in [0, 0.05) is 29.4 Å². The lowest BCUT2D eigenvalue weighted by Crippen LogP contribution is -2.47. The zero-order valence-corrected chi connectivity index (χ0v) is 16.7. The van der Waals surface area contributed by atoms with Crippen molar-refractivity contribution < 1.29 is 14.3 Å². The summed E-state index contributed by atoms with van der Waals surface area (Å²) in [6.45, 7) is 0. The smallest absolute Gasteiger partial charge is 0.308 e. The number of hydrogen-bond donors (Lipinski definition) is 3. The molecule has 4 atom stereocenters. The van der Waals surface area contributed by atoms with Crippen molar-refractivity contribution >= 4 is 22.8 Å². The Labute approximate surface area is 177 Å². The predicted molar refractivity (Wildman–Crippen MR) is 110 cm³/mol. The number of nitrogens with one attached hydrogen (secondary N) is 2. The van der Waals surface area contributed by atoms with Gasteiger partial charge in [0.15, 0.2) is 11.6 Å². The molecule has 9 heteroatoms. The van der Waals surface area contributed by atoms with Crippen LogP contribution >= 0.6 is 0 Å². The number of anilines is 1. The van der Waals surface area contributed by atoms with Crippen LogP contribution in [0.5, 0.6) is 0 Å². The fourth-order valence-electron chi connectivity index (χ4n) is 5.34. The second-order valence-electron chi connectivity index (χ2n) is 8.46. The van der Waals surface area contributed by atoms with E-state index < -0.39 is 23.7 Å². The Morgan fingerprint density at radius 1 is 1.35 bits per heavy atom. The molecule has 3 aromatic heterocycles. The van der Waals surface area contributed by atoms with E-state index in [0.717, 1.165) is 31.7 Å². The van der Waals surface area contributed by atoms with Gasteiger partial charge in [0.2, 0.25) is 0 Å². The van der Waals surface area contributed by atoms with Gasteiger partial charge in [0.05, 0.1) is 17.2 Å². The SMILES string of the molecule is N#Cc1cc(F)c(N[C@H]2CC3CCCC(C3)[C@@H]2C(=O)O)nc1-c1c[nH]c2ncncc12. The van der Waals surface area contributed by atoms with Gasteiger partial charge < -0.3 is 15.4 Å². The van der Waals surface area contributed by atoms with Crippen molar-refractivity contribution in [2.45, 2.75) is 38.1 Å². The van der Waals surface area contributed by atoms with Crippen LogP contribution in [-0.4, -0.2) is 37.1 Å². The Kier molecular flexibility index (Phi) is 4.77. The van der Waals surface area contributed by atoms with Gasteiger partial charge in [-0.2, -0.15) is 5.26 Å². The van der Waals surface area contributed by atoms with Crippen LogP contribution in [0.25, 0.3) is 22.3 Å². The number of carbonyl (C=O) groups is 1. The van der Waals surface area contributed by atoms with Crippen LogP contribution in [0.3, 0.4) is 0 Å². The fraction of sp³-hybridized carbons (Fsp3) is 0.409. The maximum atomic E-state index is 14.9. The van der Waals surface area contributed by atoms with Gasteiger partial charge >= 0.3 is 5.97 Å². The lowest BCUT2D eigenvalue weighted by Gasteiger charge is -2.43. The van der Waals surface area contributed by atoms with Crippen LogP contribution in [0, 0.1) is 34.9 Å². The summed E-state index contributed by atoms with van der Waals surface area (Å²) in [5.41, 5.74) is 1.56. The van der Waals surface area contributed by atoms with Crippen LogP contribution < -0.4 is 5.32 Å². The molecule has 3 N–H and O–H groups in total. The molecule has 0 spiro atoms. The summed E-state index contributed by atoms with van der Waals surface area (Å²) in [4.78, 5) is 27.6. The van der Waals surface area contributed by atoms with Gasteiger partial charge in [-0.25, -0.2) is 19.3 Å². The van der Waals surface area contributed by atoms with E-state index in [2.05, 4.69) is 25.3 Å². The van der Waals surface area contributed by atoms with Gasteiger partial charge in [-0.1, -0.05) is 12.8 Å². The molecule has 2 aliphatic carbocycles. The van der Waals surface area contributed by atoms with Crippen molar-refractivity contribution in [2.24, 2.45) is 17.8 Å². The molecule has 0 aromatic carbocycles. The molecule has 2 aliphatic rings. The van der Waals surface area contributed by atoms with Crippen LogP contribution in [0.4, 0.5) is 10.2 Å². The predicted octanol–water partition coefficient (Wildman–Crippen LogP) is 3.72. The molecule has 0 aliphatic heterocycles. The first kappa shape index (κ1) is 19.4. The van der Waals surface area contributed by atoms with Crippen LogP contribution in [0.1, 0.15) is 37.7 Å². The third-order valence-electron chi connectivity index (χ3n) is 6.67. The minimum absolute atomic E-state index is 0.0311. The maximum Gasteiger partial charge on any atom is 0.308 e. The van der Waals surface area contributed by atoms with Gasteiger partial charge in [-0.15, -0.1) is 0 Å². The minimum Gasteiger partial charge on any atom is -0.481 e. The highest BCUT2D eigenvalue weighted by atomic mass is 19.1. The average molecular weight is 420 g/mol. The van der Waals surface area contributed by atoms with E-state index in [4.69, 9.17) is 0 Å². The Balaban J connectivity index is 1.55. The summed E-state index contributed by atoms with van der Waals surface area (Å²) < 4.78 is 14.9. The Morgan fingerprint density at radius 2 is 2.23 bits per heavy atom. The van der Waals surface area contributed by atoms with E-state index >= 15 is 0 Å². The van der Waals surface area contributed by atoms with Crippen molar-refractivity contribution in [3.63, 3.8) is 0 Å². The number of carboxylic acid groups (broad SMARTS) is 1. The zero-order valence-electron chi connectivity index (χ0n) is 16.7. The number of hydrogen-bond acceptors (Lipinski definition) is 6. The number of fused-ring (bicyclic) bond motifs is 3. The van der Waals surface area contributed by atoms with E-state index in [0.29, 0.717) is 34.6 Å². The number of pyridine rings is 1. The molecule has 2 saturated carbocycles. The van der Waals surface area contributed by atoms with Crippen molar-refractivity contribution in [2.75, 3.05) is 5.32 Å². The van der Waals surface area contributed by atoms with Crippen LogP contribution in [-0.2, 0) is 4.79 Å². The van der Waals surface area contributed by atoms with E-state index in [1.165, 1.54) is 6.33 Å². The highest BCUT2D eigenvalue weighted by Crippen LogP contribution is 2.44. The molecule has 8 nitrogen and oxygen atoms in total. The molecule has 158 valence electrons. The van der Waals surface area contributed by atoms with Crippen molar-refractivity contribution in [1.82, 2.24) is 19.9 Å².